The highest BCUT2D eigenvalue weighted by atomic mass is 16.5. The minimum atomic E-state index is -0.323. The number of rotatable bonds is 7. The standard InChI is InChI=1S/C19H26N2O5/c1-3-26-17(22)8-11-20-19(24)21-12-9-15(10-13-21)18(23)14-4-6-16(25-2)7-5-14/h4-7,15H,3,8-13H2,1-2H3,(H,20,24). The number of carbonyl (C=O) groups is 3. The summed E-state index contributed by atoms with van der Waals surface area (Å²) in [5.74, 6) is 0.425. The number of ketones is 1. The summed E-state index contributed by atoms with van der Waals surface area (Å²) in [5.41, 5.74) is 0.670. The van der Waals surface area contributed by atoms with Gasteiger partial charge in [-0.15, -0.1) is 0 Å². The molecule has 1 saturated heterocycles. The molecular formula is C19H26N2O5. The van der Waals surface area contributed by atoms with Crippen LogP contribution in [-0.2, 0) is 9.53 Å². The van der Waals surface area contributed by atoms with Gasteiger partial charge >= 0.3 is 12.0 Å². The van der Waals surface area contributed by atoms with E-state index in [-0.39, 0.29) is 36.7 Å². The predicted octanol–water partition coefficient (Wildman–Crippen LogP) is 2.25. The van der Waals surface area contributed by atoms with E-state index in [9.17, 15) is 14.4 Å². The van der Waals surface area contributed by atoms with Gasteiger partial charge in [0.2, 0.25) is 0 Å². The summed E-state index contributed by atoms with van der Waals surface area (Å²) in [5, 5.41) is 2.72. The van der Waals surface area contributed by atoms with Gasteiger partial charge in [0.25, 0.3) is 0 Å². The number of nitrogens with one attached hydrogen (secondary N) is 1. The molecular weight excluding hydrogens is 336 g/mol. The van der Waals surface area contributed by atoms with E-state index in [4.69, 9.17) is 9.47 Å². The third kappa shape index (κ3) is 5.47. The zero-order valence-electron chi connectivity index (χ0n) is 15.3. The first kappa shape index (κ1) is 19.8. The molecule has 0 unspecified atom stereocenters. The first-order chi connectivity index (χ1) is 12.5. The van der Waals surface area contributed by atoms with Gasteiger partial charge in [0, 0.05) is 31.1 Å². The Hall–Kier alpha value is -2.57. The molecule has 1 heterocycles. The molecule has 7 heteroatoms. The topological polar surface area (TPSA) is 84.9 Å². The second-order valence-electron chi connectivity index (χ2n) is 6.14. The third-order valence-electron chi connectivity index (χ3n) is 4.44. The first-order valence-electron chi connectivity index (χ1n) is 8.91. The fourth-order valence-electron chi connectivity index (χ4n) is 2.95. The van der Waals surface area contributed by atoms with Crippen molar-refractivity contribution in [3.8, 4) is 5.75 Å². The van der Waals surface area contributed by atoms with E-state index >= 15 is 0 Å². The molecule has 0 aromatic heterocycles. The summed E-state index contributed by atoms with van der Waals surface area (Å²) in [6.45, 7) is 3.38. The molecule has 1 N–H and O–H groups in total. The molecule has 1 fully saturated rings. The number of hydrogen-bond acceptors (Lipinski definition) is 5. The molecule has 7 nitrogen and oxygen atoms in total. The number of benzene rings is 1. The molecule has 1 aromatic carbocycles. The Bertz CT molecular complexity index is 621. The highest BCUT2D eigenvalue weighted by molar-refractivity contribution is 5.98. The van der Waals surface area contributed by atoms with Crippen molar-refractivity contribution in [1.29, 1.82) is 0 Å². The van der Waals surface area contributed by atoms with Crippen LogP contribution in [0.3, 0.4) is 0 Å². The largest absolute Gasteiger partial charge is 0.497 e. The number of amides is 2. The molecule has 0 atom stereocenters. The van der Waals surface area contributed by atoms with Gasteiger partial charge in [0.05, 0.1) is 20.1 Å². The van der Waals surface area contributed by atoms with Gasteiger partial charge in [0.15, 0.2) is 5.78 Å². The van der Waals surface area contributed by atoms with Crippen LogP contribution in [0.25, 0.3) is 0 Å². The highest BCUT2D eigenvalue weighted by Gasteiger charge is 2.27. The van der Waals surface area contributed by atoms with Gasteiger partial charge in [-0.3, -0.25) is 9.59 Å². The van der Waals surface area contributed by atoms with Crippen LogP contribution in [0.15, 0.2) is 24.3 Å². The van der Waals surface area contributed by atoms with E-state index < -0.39 is 0 Å². The van der Waals surface area contributed by atoms with Crippen molar-refractivity contribution in [1.82, 2.24) is 10.2 Å². The van der Waals surface area contributed by atoms with E-state index in [1.54, 1.807) is 43.2 Å². The number of nitrogens with zero attached hydrogens (tertiary/aromatic N) is 1. The summed E-state index contributed by atoms with van der Waals surface area (Å²) in [6.07, 6.45) is 1.43. The van der Waals surface area contributed by atoms with E-state index in [1.807, 2.05) is 0 Å². The fraction of sp³-hybridized carbons (Fsp3) is 0.526. The molecule has 0 aliphatic carbocycles. The predicted molar refractivity (Wildman–Crippen MR) is 96.3 cm³/mol. The van der Waals surface area contributed by atoms with Crippen molar-refractivity contribution >= 4 is 17.8 Å². The van der Waals surface area contributed by atoms with Crippen LogP contribution in [0.2, 0.25) is 0 Å². The second kappa shape index (κ2) is 9.79. The average molecular weight is 362 g/mol. The normalized spacial score (nSPS) is 14.6. The summed E-state index contributed by atoms with van der Waals surface area (Å²) in [6, 6.07) is 6.90. The average Bonchev–Trinajstić information content (AvgIpc) is 2.67. The Labute approximate surface area is 153 Å². The Morgan fingerprint density at radius 1 is 1.15 bits per heavy atom. The molecule has 2 amide bonds. The lowest BCUT2D eigenvalue weighted by molar-refractivity contribution is -0.142. The maximum absolute atomic E-state index is 12.6. The van der Waals surface area contributed by atoms with Gasteiger partial charge in [-0.1, -0.05) is 0 Å². The molecule has 1 aromatic rings. The first-order valence-corrected chi connectivity index (χ1v) is 8.91. The molecule has 26 heavy (non-hydrogen) atoms. The third-order valence-corrected chi connectivity index (χ3v) is 4.44. The lowest BCUT2D eigenvalue weighted by Gasteiger charge is -2.31. The zero-order chi connectivity index (χ0) is 18.9. The van der Waals surface area contributed by atoms with Gasteiger partial charge in [-0.2, -0.15) is 0 Å². The van der Waals surface area contributed by atoms with Crippen molar-refractivity contribution in [2.45, 2.75) is 26.2 Å². The van der Waals surface area contributed by atoms with Crippen molar-refractivity contribution in [2.75, 3.05) is 33.4 Å². The van der Waals surface area contributed by atoms with E-state index in [1.165, 1.54) is 0 Å². The molecule has 142 valence electrons. The van der Waals surface area contributed by atoms with Gasteiger partial charge in [0.1, 0.15) is 5.75 Å². The van der Waals surface area contributed by atoms with Crippen LogP contribution in [0, 0.1) is 5.92 Å². The summed E-state index contributed by atoms with van der Waals surface area (Å²) < 4.78 is 9.92. The van der Waals surface area contributed by atoms with Gasteiger partial charge in [-0.25, -0.2) is 4.79 Å². The smallest absolute Gasteiger partial charge is 0.317 e. The molecule has 0 bridgehead atoms. The van der Waals surface area contributed by atoms with E-state index in [0.717, 1.165) is 5.75 Å². The number of ether oxygens (including phenoxy) is 2. The quantitative estimate of drug-likeness (QED) is 0.594. The van der Waals surface area contributed by atoms with Crippen LogP contribution in [-0.4, -0.2) is 56.0 Å². The molecule has 2 rings (SSSR count). The molecule has 0 radical (unpaired) electrons. The fourth-order valence-corrected chi connectivity index (χ4v) is 2.95. The zero-order valence-corrected chi connectivity index (χ0v) is 15.3. The Balaban J connectivity index is 1.76. The SMILES string of the molecule is CCOC(=O)CCNC(=O)N1CCC(C(=O)c2ccc(OC)cc2)CC1. The molecule has 1 aliphatic heterocycles. The van der Waals surface area contributed by atoms with Gasteiger partial charge in [-0.05, 0) is 44.0 Å². The number of hydrogen-bond donors (Lipinski definition) is 1. The Kier molecular flexibility index (Phi) is 7.44. The maximum Gasteiger partial charge on any atom is 0.317 e. The van der Waals surface area contributed by atoms with Crippen LogP contribution in [0.1, 0.15) is 36.5 Å². The van der Waals surface area contributed by atoms with Crippen molar-refractivity contribution in [3.05, 3.63) is 29.8 Å². The number of esters is 1. The molecule has 1 aliphatic rings. The number of Topliss-reactive ketones (excluding diaryl/α,β-unsaturated/α-hetero) is 1. The van der Waals surface area contributed by atoms with Crippen molar-refractivity contribution < 1.29 is 23.9 Å². The Morgan fingerprint density at radius 2 is 1.81 bits per heavy atom. The lowest BCUT2D eigenvalue weighted by atomic mass is 9.89. The Morgan fingerprint density at radius 3 is 2.38 bits per heavy atom. The van der Waals surface area contributed by atoms with Gasteiger partial charge < -0.3 is 19.7 Å². The van der Waals surface area contributed by atoms with Crippen LogP contribution in [0.5, 0.6) is 5.75 Å². The van der Waals surface area contributed by atoms with Crippen LogP contribution < -0.4 is 10.1 Å². The summed E-state index contributed by atoms with van der Waals surface area (Å²) >= 11 is 0. The van der Waals surface area contributed by atoms with E-state index in [2.05, 4.69) is 5.32 Å². The minimum Gasteiger partial charge on any atom is -0.497 e. The number of piperidine rings is 1. The van der Waals surface area contributed by atoms with E-state index in [0.29, 0.717) is 38.1 Å². The highest BCUT2D eigenvalue weighted by Crippen LogP contribution is 2.23. The maximum atomic E-state index is 12.6. The summed E-state index contributed by atoms with van der Waals surface area (Å²) in [7, 11) is 1.59. The second-order valence-corrected chi connectivity index (χ2v) is 6.14. The number of carbonyl (C=O) groups excluding carboxylic acids is 3. The van der Waals surface area contributed by atoms with Crippen molar-refractivity contribution in [2.24, 2.45) is 5.92 Å². The monoisotopic (exact) mass is 362 g/mol. The van der Waals surface area contributed by atoms with Crippen LogP contribution >= 0.6 is 0 Å². The van der Waals surface area contributed by atoms with Crippen LogP contribution in [0.4, 0.5) is 4.79 Å². The number of methoxy groups -OCH3 is 1. The molecule has 0 spiro atoms. The number of likely N-dealkylation sites (tertiary alicyclic amines) is 1. The number of urea groups is 1. The molecule has 0 saturated carbocycles. The lowest BCUT2D eigenvalue weighted by Crippen LogP contribution is -2.45. The summed E-state index contributed by atoms with van der Waals surface area (Å²) in [4.78, 5) is 37.6. The minimum absolute atomic E-state index is 0.0769. The van der Waals surface area contributed by atoms with Crippen molar-refractivity contribution in [3.63, 3.8) is 0 Å².